The van der Waals surface area contributed by atoms with E-state index in [0.717, 1.165) is 28.1 Å². The summed E-state index contributed by atoms with van der Waals surface area (Å²) in [5.41, 5.74) is 2.38. The first kappa shape index (κ1) is 13.6. The van der Waals surface area contributed by atoms with E-state index in [1.54, 1.807) is 0 Å². The molecular formula is C12H14BrCl2NO. The second-order valence-corrected chi connectivity index (χ2v) is 5.97. The van der Waals surface area contributed by atoms with Gasteiger partial charge in [-0.2, -0.15) is 0 Å². The van der Waals surface area contributed by atoms with Gasteiger partial charge in [-0.05, 0) is 24.6 Å². The topological polar surface area (TPSA) is 21.3 Å². The zero-order valence-corrected chi connectivity index (χ0v) is 12.6. The third-order valence-corrected chi connectivity index (χ3v) is 4.75. The molecule has 0 aliphatic carbocycles. The zero-order valence-electron chi connectivity index (χ0n) is 9.43. The average molecular weight is 339 g/mol. The molecule has 0 radical (unpaired) electrons. The standard InChI is InChI=1S/C12H13BrClNO.ClH/c1-12-6-15-4-8(12)11-7(5-16-12)10(14)3-2-9(11)13;/h2-3,8,15H,4-6H2,1H3;1H/t8-,12-;/m1./s1. The van der Waals surface area contributed by atoms with Crippen LogP contribution in [0.5, 0.6) is 0 Å². The highest BCUT2D eigenvalue weighted by Crippen LogP contribution is 2.46. The SMILES string of the molecule is C[C@@]12CNC[C@@H]1c1c(Br)ccc(Cl)c1CO2.Cl. The first-order chi connectivity index (χ1) is 7.62. The monoisotopic (exact) mass is 337 g/mol. The number of nitrogens with one attached hydrogen (secondary N) is 1. The Kier molecular flexibility index (Phi) is 3.77. The van der Waals surface area contributed by atoms with Crippen LogP contribution in [0.25, 0.3) is 0 Å². The Morgan fingerprint density at radius 1 is 1.53 bits per heavy atom. The van der Waals surface area contributed by atoms with Crippen molar-refractivity contribution in [1.82, 2.24) is 5.32 Å². The van der Waals surface area contributed by atoms with Gasteiger partial charge in [0.05, 0.1) is 12.2 Å². The van der Waals surface area contributed by atoms with Gasteiger partial charge < -0.3 is 10.1 Å². The van der Waals surface area contributed by atoms with Crippen molar-refractivity contribution in [2.75, 3.05) is 13.1 Å². The molecule has 0 spiro atoms. The quantitative estimate of drug-likeness (QED) is 0.781. The highest BCUT2D eigenvalue weighted by atomic mass is 79.9. The first-order valence-corrected chi connectivity index (χ1v) is 6.60. The lowest BCUT2D eigenvalue weighted by molar-refractivity contribution is -0.0519. The van der Waals surface area contributed by atoms with Gasteiger partial charge in [0.25, 0.3) is 0 Å². The molecule has 1 aromatic rings. The molecule has 94 valence electrons. The summed E-state index contributed by atoms with van der Waals surface area (Å²) in [6, 6.07) is 3.96. The van der Waals surface area contributed by atoms with E-state index in [2.05, 4.69) is 28.2 Å². The summed E-state index contributed by atoms with van der Waals surface area (Å²) in [5, 5.41) is 4.22. The van der Waals surface area contributed by atoms with E-state index in [-0.39, 0.29) is 18.0 Å². The van der Waals surface area contributed by atoms with Crippen LogP contribution in [-0.2, 0) is 11.3 Å². The maximum absolute atomic E-state index is 6.23. The highest BCUT2D eigenvalue weighted by Gasteiger charge is 2.45. The van der Waals surface area contributed by atoms with Gasteiger partial charge >= 0.3 is 0 Å². The van der Waals surface area contributed by atoms with E-state index >= 15 is 0 Å². The minimum atomic E-state index is -0.0831. The Balaban J connectivity index is 0.00000108. The normalized spacial score (nSPS) is 30.4. The summed E-state index contributed by atoms with van der Waals surface area (Å²) in [5.74, 6) is 0.393. The van der Waals surface area contributed by atoms with Gasteiger partial charge in [0.1, 0.15) is 0 Å². The van der Waals surface area contributed by atoms with Crippen molar-refractivity contribution in [3.8, 4) is 0 Å². The summed E-state index contributed by atoms with van der Waals surface area (Å²) >= 11 is 9.86. The number of hydrogen-bond donors (Lipinski definition) is 1. The molecular weight excluding hydrogens is 325 g/mol. The van der Waals surface area contributed by atoms with Crippen LogP contribution in [-0.4, -0.2) is 18.7 Å². The van der Waals surface area contributed by atoms with Crippen molar-refractivity contribution < 1.29 is 4.74 Å². The second kappa shape index (κ2) is 4.71. The largest absolute Gasteiger partial charge is 0.369 e. The van der Waals surface area contributed by atoms with Gasteiger partial charge in [-0.3, -0.25) is 0 Å². The van der Waals surface area contributed by atoms with E-state index < -0.39 is 0 Å². The molecule has 1 N–H and O–H groups in total. The molecule has 1 fully saturated rings. The highest BCUT2D eigenvalue weighted by molar-refractivity contribution is 9.10. The molecule has 0 saturated carbocycles. The van der Waals surface area contributed by atoms with E-state index in [1.165, 1.54) is 5.56 Å². The predicted molar refractivity (Wildman–Crippen MR) is 75.2 cm³/mol. The summed E-state index contributed by atoms with van der Waals surface area (Å²) < 4.78 is 7.13. The lowest BCUT2D eigenvalue weighted by atomic mass is 9.81. The fourth-order valence-electron chi connectivity index (χ4n) is 2.73. The van der Waals surface area contributed by atoms with Crippen LogP contribution in [0, 0.1) is 0 Å². The minimum Gasteiger partial charge on any atom is -0.369 e. The van der Waals surface area contributed by atoms with Gasteiger partial charge in [-0.15, -0.1) is 12.4 Å². The summed E-state index contributed by atoms with van der Waals surface area (Å²) in [6.07, 6.45) is 0. The number of benzene rings is 1. The molecule has 5 heteroatoms. The third kappa shape index (κ3) is 2.02. The Hall–Kier alpha value is 0.200. The number of rotatable bonds is 0. The Bertz CT molecular complexity index is 454. The third-order valence-electron chi connectivity index (χ3n) is 3.70. The maximum Gasteiger partial charge on any atom is 0.0863 e. The van der Waals surface area contributed by atoms with Crippen LogP contribution in [0.3, 0.4) is 0 Å². The lowest BCUT2D eigenvalue weighted by Gasteiger charge is -2.38. The van der Waals surface area contributed by atoms with Crippen LogP contribution in [0.4, 0.5) is 0 Å². The molecule has 0 unspecified atom stereocenters. The molecule has 2 atom stereocenters. The molecule has 2 aliphatic heterocycles. The smallest absolute Gasteiger partial charge is 0.0863 e. The van der Waals surface area contributed by atoms with Crippen molar-refractivity contribution in [1.29, 1.82) is 0 Å². The Morgan fingerprint density at radius 3 is 3.06 bits per heavy atom. The van der Waals surface area contributed by atoms with Gasteiger partial charge in [-0.1, -0.05) is 27.5 Å². The van der Waals surface area contributed by atoms with Gasteiger partial charge in [0.2, 0.25) is 0 Å². The fourth-order valence-corrected chi connectivity index (χ4v) is 3.60. The van der Waals surface area contributed by atoms with E-state index in [1.807, 2.05) is 12.1 Å². The van der Waals surface area contributed by atoms with Crippen LogP contribution in [0.1, 0.15) is 24.0 Å². The summed E-state index contributed by atoms with van der Waals surface area (Å²) in [6.45, 7) is 4.66. The summed E-state index contributed by atoms with van der Waals surface area (Å²) in [7, 11) is 0. The van der Waals surface area contributed by atoms with Crippen molar-refractivity contribution >= 4 is 39.9 Å². The van der Waals surface area contributed by atoms with Crippen molar-refractivity contribution in [2.24, 2.45) is 0 Å². The van der Waals surface area contributed by atoms with Crippen LogP contribution in [0.2, 0.25) is 5.02 Å². The van der Waals surface area contributed by atoms with Crippen molar-refractivity contribution in [3.05, 3.63) is 32.8 Å². The minimum absolute atomic E-state index is 0. The molecule has 17 heavy (non-hydrogen) atoms. The van der Waals surface area contributed by atoms with Crippen molar-refractivity contribution in [2.45, 2.75) is 25.0 Å². The number of fused-ring (bicyclic) bond motifs is 3. The lowest BCUT2D eigenvalue weighted by Crippen LogP contribution is -2.40. The molecule has 2 nitrogen and oxygen atoms in total. The zero-order chi connectivity index (χ0) is 11.3. The molecule has 0 aromatic heterocycles. The molecule has 1 saturated heterocycles. The molecule has 3 rings (SSSR count). The first-order valence-electron chi connectivity index (χ1n) is 5.43. The maximum atomic E-state index is 6.23. The predicted octanol–water partition coefficient (Wildman–Crippen LogP) is 3.50. The van der Waals surface area contributed by atoms with E-state index in [4.69, 9.17) is 16.3 Å². The van der Waals surface area contributed by atoms with Gasteiger partial charge in [0, 0.05) is 34.1 Å². The summed E-state index contributed by atoms with van der Waals surface area (Å²) in [4.78, 5) is 0. The Morgan fingerprint density at radius 2 is 2.29 bits per heavy atom. The number of hydrogen-bond acceptors (Lipinski definition) is 2. The average Bonchev–Trinajstić information content (AvgIpc) is 2.64. The van der Waals surface area contributed by atoms with E-state index in [0.29, 0.717) is 12.5 Å². The van der Waals surface area contributed by atoms with Crippen molar-refractivity contribution in [3.63, 3.8) is 0 Å². The molecule has 2 heterocycles. The molecule has 2 aliphatic rings. The molecule has 1 aromatic carbocycles. The molecule has 0 amide bonds. The fraction of sp³-hybridized carbons (Fsp3) is 0.500. The van der Waals surface area contributed by atoms with Crippen LogP contribution in [0.15, 0.2) is 16.6 Å². The number of halogens is 3. The second-order valence-electron chi connectivity index (χ2n) is 4.71. The van der Waals surface area contributed by atoms with Crippen LogP contribution < -0.4 is 5.32 Å². The van der Waals surface area contributed by atoms with Gasteiger partial charge in [-0.25, -0.2) is 0 Å². The van der Waals surface area contributed by atoms with Gasteiger partial charge in [0.15, 0.2) is 0 Å². The Labute approximate surface area is 121 Å². The van der Waals surface area contributed by atoms with E-state index in [9.17, 15) is 0 Å². The number of ether oxygens (including phenoxy) is 1. The van der Waals surface area contributed by atoms with Crippen LogP contribution >= 0.6 is 39.9 Å². The molecule has 0 bridgehead atoms.